The van der Waals surface area contributed by atoms with Gasteiger partial charge < -0.3 is 5.11 Å². The van der Waals surface area contributed by atoms with Crippen molar-refractivity contribution in [3.63, 3.8) is 0 Å². The molecule has 0 unspecified atom stereocenters. The second-order valence-electron chi connectivity index (χ2n) is 3.20. The summed E-state index contributed by atoms with van der Waals surface area (Å²) in [5.41, 5.74) is -0.175. The van der Waals surface area contributed by atoms with Gasteiger partial charge in [0, 0.05) is 12.4 Å². The number of aromatic carboxylic acids is 1. The summed E-state index contributed by atoms with van der Waals surface area (Å²) in [7, 11) is 0. The fraction of sp³-hybridized carbons (Fsp3) is 0. The van der Waals surface area contributed by atoms with Crippen molar-refractivity contribution in [1.82, 2.24) is 15.0 Å². The molecule has 0 spiro atoms. The molecule has 5 nitrogen and oxygen atoms in total. The predicted molar refractivity (Wildman–Crippen MR) is 57.2 cm³/mol. The Bertz CT molecular complexity index is 637. The molecule has 9 heteroatoms. The Morgan fingerprint density at radius 3 is 2.32 bits per heavy atom. The molecule has 2 aromatic rings. The normalized spacial score (nSPS) is 10.5. The first-order valence-corrected chi connectivity index (χ1v) is 5.53. The molecule has 2 rings (SSSR count). The Hall–Kier alpha value is -2.16. The highest BCUT2D eigenvalue weighted by molar-refractivity contribution is 7.99. The van der Waals surface area contributed by atoms with Crippen LogP contribution in [0.4, 0.5) is 13.2 Å². The zero-order valence-corrected chi connectivity index (χ0v) is 9.79. The highest BCUT2D eigenvalue weighted by Crippen LogP contribution is 2.29. The molecule has 2 aromatic heterocycles. The van der Waals surface area contributed by atoms with Crippen molar-refractivity contribution < 1.29 is 23.1 Å². The van der Waals surface area contributed by atoms with E-state index in [1.54, 1.807) is 0 Å². The molecular weight excluding hydrogens is 283 g/mol. The van der Waals surface area contributed by atoms with E-state index in [0.29, 0.717) is 18.0 Å². The van der Waals surface area contributed by atoms with Crippen LogP contribution >= 0.6 is 11.8 Å². The molecule has 0 aliphatic heterocycles. The van der Waals surface area contributed by atoms with Gasteiger partial charge in [-0.15, -0.1) is 0 Å². The molecule has 0 radical (unpaired) electrons. The second kappa shape index (κ2) is 5.22. The Kier molecular flexibility index (Phi) is 3.65. The maximum atomic E-state index is 13.3. The molecule has 0 aliphatic carbocycles. The van der Waals surface area contributed by atoms with Crippen LogP contribution in [0.5, 0.6) is 0 Å². The average molecular weight is 287 g/mol. The van der Waals surface area contributed by atoms with E-state index in [2.05, 4.69) is 15.0 Å². The summed E-state index contributed by atoms with van der Waals surface area (Å²) in [6.45, 7) is 0. The van der Waals surface area contributed by atoms with Crippen LogP contribution in [0.25, 0.3) is 0 Å². The van der Waals surface area contributed by atoms with Crippen molar-refractivity contribution >= 4 is 17.7 Å². The molecular formula is C10H4F3N3O2S. The highest BCUT2D eigenvalue weighted by Gasteiger charge is 2.17. The van der Waals surface area contributed by atoms with Crippen molar-refractivity contribution in [2.24, 2.45) is 0 Å². The summed E-state index contributed by atoms with van der Waals surface area (Å²) < 4.78 is 39.4. The Morgan fingerprint density at radius 1 is 1.11 bits per heavy atom. The Morgan fingerprint density at radius 2 is 1.74 bits per heavy atom. The lowest BCUT2D eigenvalue weighted by atomic mass is 10.4. The summed E-state index contributed by atoms with van der Waals surface area (Å²) >= 11 is 0.430. The van der Waals surface area contributed by atoms with E-state index in [1.165, 1.54) is 0 Å². The smallest absolute Gasteiger partial charge is 0.338 e. The van der Waals surface area contributed by atoms with Crippen molar-refractivity contribution in [2.45, 2.75) is 10.1 Å². The van der Waals surface area contributed by atoms with Crippen LogP contribution in [0.15, 0.2) is 28.6 Å². The highest BCUT2D eigenvalue weighted by atomic mass is 32.2. The largest absolute Gasteiger partial charge is 0.478 e. The van der Waals surface area contributed by atoms with Crippen molar-refractivity contribution in [3.8, 4) is 0 Å². The van der Waals surface area contributed by atoms with E-state index in [-0.39, 0.29) is 10.7 Å². The van der Waals surface area contributed by atoms with Gasteiger partial charge in [0.05, 0.1) is 16.7 Å². The molecule has 2 heterocycles. The summed E-state index contributed by atoms with van der Waals surface area (Å²) in [4.78, 5) is 20.0. The van der Waals surface area contributed by atoms with Crippen LogP contribution in [0, 0.1) is 17.6 Å². The lowest BCUT2D eigenvalue weighted by molar-refractivity contribution is 0.0695. The average Bonchev–Trinajstić information content (AvgIpc) is 2.40. The number of halogens is 3. The van der Waals surface area contributed by atoms with E-state index in [9.17, 15) is 18.0 Å². The van der Waals surface area contributed by atoms with Gasteiger partial charge in [-0.05, 0) is 11.8 Å². The molecule has 0 aromatic carbocycles. The van der Waals surface area contributed by atoms with Gasteiger partial charge in [0.25, 0.3) is 0 Å². The predicted octanol–water partition coefficient (Wildman–Crippen LogP) is 2.14. The van der Waals surface area contributed by atoms with Gasteiger partial charge >= 0.3 is 5.97 Å². The van der Waals surface area contributed by atoms with Gasteiger partial charge in [0.1, 0.15) is 0 Å². The lowest BCUT2D eigenvalue weighted by Crippen LogP contribution is -2.00. The lowest BCUT2D eigenvalue weighted by Gasteiger charge is -2.03. The number of aromatic nitrogens is 3. The third kappa shape index (κ3) is 2.81. The third-order valence-electron chi connectivity index (χ3n) is 1.96. The van der Waals surface area contributed by atoms with Crippen LogP contribution in [-0.4, -0.2) is 26.0 Å². The van der Waals surface area contributed by atoms with Crippen LogP contribution in [-0.2, 0) is 0 Å². The maximum Gasteiger partial charge on any atom is 0.338 e. The molecule has 0 amide bonds. The minimum atomic E-state index is -1.45. The number of hydrogen-bond acceptors (Lipinski definition) is 5. The molecule has 0 atom stereocenters. The maximum absolute atomic E-state index is 13.3. The zero-order chi connectivity index (χ0) is 14.0. The summed E-state index contributed by atoms with van der Waals surface area (Å²) in [5, 5.41) is 8.51. The van der Waals surface area contributed by atoms with Gasteiger partial charge in [0.15, 0.2) is 16.8 Å². The fourth-order valence-corrected chi connectivity index (χ4v) is 1.81. The monoisotopic (exact) mass is 287 g/mol. The molecule has 19 heavy (non-hydrogen) atoms. The van der Waals surface area contributed by atoms with E-state index in [1.807, 2.05) is 0 Å². The number of pyridine rings is 1. The minimum Gasteiger partial charge on any atom is -0.478 e. The molecule has 0 saturated heterocycles. The van der Waals surface area contributed by atoms with Crippen LogP contribution in [0.2, 0.25) is 0 Å². The van der Waals surface area contributed by atoms with Gasteiger partial charge in [-0.1, -0.05) is 0 Å². The molecule has 98 valence electrons. The Labute approximate surface area is 108 Å². The van der Waals surface area contributed by atoms with E-state index >= 15 is 0 Å². The van der Waals surface area contributed by atoms with Crippen LogP contribution < -0.4 is 0 Å². The number of hydrogen-bond donors (Lipinski definition) is 1. The number of nitrogens with zero attached hydrogens (tertiary/aromatic N) is 3. The summed E-state index contributed by atoms with van der Waals surface area (Å²) in [5.74, 6) is -5.18. The van der Waals surface area contributed by atoms with Crippen LogP contribution in [0.3, 0.4) is 0 Å². The SMILES string of the molecule is O=C(O)c1cnc(Sc2c(F)cnc(F)c2F)nc1. The number of rotatable bonds is 3. The van der Waals surface area contributed by atoms with Gasteiger partial charge in [-0.2, -0.15) is 4.39 Å². The Balaban J connectivity index is 2.31. The molecule has 0 bridgehead atoms. The first-order valence-electron chi connectivity index (χ1n) is 4.71. The molecule has 1 N–H and O–H groups in total. The summed E-state index contributed by atoms with van der Waals surface area (Å²) in [6, 6.07) is 0. The standard InChI is InChI=1S/C10H4F3N3O2S/c11-5-3-14-8(13)6(12)7(5)19-10-15-1-4(2-16-10)9(17)18/h1-3H,(H,17,18). The van der Waals surface area contributed by atoms with E-state index in [4.69, 9.17) is 5.11 Å². The summed E-state index contributed by atoms with van der Waals surface area (Å²) in [6.07, 6.45) is 2.49. The quantitative estimate of drug-likeness (QED) is 0.688. The fourth-order valence-electron chi connectivity index (χ4n) is 1.09. The molecule has 0 saturated carbocycles. The van der Waals surface area contributed by atoms with Gasteiger partial charge in [-0.3, -0.25) is 0 Å². The molecule has 0 aliphatic rings. The van der Waals surface area contributed by atoms with Gasteiger partial charge in [-0.25, -0.2) is 28.5 Å². The first-order chi connectivity index (χ1) is 8.99. The van der Waals surface area contributed by atoms with Crippen molar-refractivity contribution in [3.05, 3.63) is 41.7 Å². The molecule has 0 fully saturated rings. The van der Waals surface area contributed by atoms with E-state index in [0.717, 1.165) is 12.4 Å². The van der Waals surface area contributed by atoms with E-state index < -0.39 is 28.4 Å². The van der Waals surface area contributed by atoms with Crippen molar-refractivity contribution in [1.29, 1.82) is 0 Å². The number of carbonyl (C=O) groups is 1. The van der Waals surface area contributed by atoms with Gasteiger partial charge in [0.2, 0.25) is 5.95 Å². The zero-order valence-electron chi connectivity index (χ0n) is 8.97. The second-order valence-corrected chi connectivity index (χ2v) is 4.18. The number of carboxylic acids is 1. The first kappa shape index (κ1) is 13.3. The number of carboxylic acid groups (broad SMARTS) is 1. The van der Waals surface area contributed by atoms with Crippen LogP contribution in [0.1, 0.15) is 10.4 Å². The third-order valence-corrected chi connectivity index (χ3v) is 2.93. The topological polar surface area (TPSA) is 76.0 Å². The minimum absolute atomic E-state index is 0.117. The van der Waals surface area contributed by atoms with Crippen molar-refractivity contribution in [2.75, 3.05) is 0 Å².